The summed E-state index contributed by atoms with van der Waals surface area (Å²) in [5.74, 6) is -0.588. The van der Waals surface area contributed by atoms with Crippen molar-refractivity contribution < 1.29 is 14.7 Å². The molecule has 1 aromatic carbocycles. The summed E-state index contributed by atoms with van der Waals surface area (Å²) in [6.45, 7) is 4.65. The zero-order valence-corrected chi connectivity index (χ0v) is 11.2. The van der Waals surface area contributed by atoms with Gasteiger partial charge in [0.2, 0.25) is 0 Å². The first-order chi connectivity index (χ1) is 9.00. The maximum Gasteiger partial charge on any atom is 0.330 e. The van der Waals surface area contributed by atoms with Gasteiger partial charge in [-0.25, -0.2) is 9.59 Å². The summed E-state index contributed by atoms with van der Waals surface area (Å²) >= 11 is 0. The fraction of sp³-hybridized carbons (Fsp3) is 0.429. The number of aliphatic carboxylic acids is 1. The van der Waals surface area contributed by atoms with E-state index < -0.39 is 18.0 Å². The molecule has 0 fully saturated rings. The van der Waals surface area contributed by atoms with Gasteiger partial charge in [-0.1, -0.05) is 44.2 Å². The van der Waals surface area contributed by atoms with Gasteiger partial charge in [0.15, 0.2) is 6.04 Å². The normalized spacial score (nSPS) is 11.9. The Hall–Kier alpha value is -2.04. The molecule has 1 aromatic rings. The number of hydrogen-bond donors (Lipinski definition) is 3. The lowest BCUT2D eigenvalue weighted by Crippen LogP contribution is -2.41. The largest absolute Gasteiger partial charge is 0.479 e. The minimum atomic E-state index is -1.08. The molecule has 0 aliphatic rings. The first-order valence-electron chi connectivity index (χ1n) is 6.33. The van der Waals surface area contributed by atoms with E-state index in [2.05, 4.69) is 24.5 Å². The van der Waals surface area contributed by atoms with Crippen LogP contribution in [0.15, 0.2) is 30.3 Å². The number of rotatable bonds is 6. The monoisotopic (exact) mass is 264 g/mol. The third-order valence-electron chi connectivity index (χ3n) is 2.66. The van der Waals surface area contributed by atoms with Crippen LogP contribution < -0.4 is 10.6 Å². The first-order valence-corrected chi connectivity index (χ1v) is 6.33. The van der Waals surface area contributed by atoms with Crippen molar-refractivity contribution in [3.05, 3.63) is 35.9 Å². The minimum Gasteiger partial charge on any atom is -0.479 e. The van der Waals surface area contributed by atoms with Gasteiger partial charge in [0, 0.05) is 6.54 Å². The summed E-state index contributed by atoms with van der Waals surface area (Å²) in [6.07, 6.45) is 0.858. The second-order valence-corrected chi connectivity index (χ2v) is 4.76. The number of amides is 2. The molecule has 0 aliphatic heterocycles. The van der Waals surface area contributed by atoms with Crippen molar-refractivity contribution in [1.29, 1.82) is 0 Å². The Morgan fingerprint density at radius 2 is 1.84 bits per heavy atom. The van der Waals surface area contributed by atoms with Gasteiger partial charge in [0.25, 0.3) is 0 Å². The molecule has 5 nitrogen and oxygen atoms in total. The number of carbonyl (C=O) groups is 2. The number of hydrogen-bond acceptors (Lipinski definition) is 2. The molecule has 19 heavy (non-hydrogen) atoms. The van der Waals surface area contributed by atoms with Crippen molar-refractivity contribution in [2.24, 2.45) is 5.92 Å². The number of carbonyl (C=O) groups excluding carboxylic acids is 1. The highest BCUT2D eigenvalue weighted by Crippen LogP contribution is 2.12. The van der Waals surface area contributed by atoms with Crippen molar-refractivity contribution in [1.82, 2.24) is 10.6 Å². The molecule has 0 spiro atoms. The average Bonchev–Trinajstić information content (AvgIpc) is 2.36. The van der Waals surface area contributed by atoms with Gasteiger partial charge in [0.05, 0.1) is 0 Å². The molecule has 0 bridgehead atoms. The highest BCUT2D eigenvalue weighted by Gasteiger charge is 2.21. The van der Waals surface area contributed by atoms with Crippen LogP contribution in [0.1, 0.15) is 31.9 Å². The van der Waals surface area contributed by atoms with Crippen LogP contribution in [-0.4, -0.2) is 23.7 Å². The third kappa shape index (κ3) is 5.42. The summed E-state index contributed by atoms with van der Waals surface area (Å²) in [6, 6.07) is 7.13. The summed E-state index contributed by atoms with van der Waals surface area (Å²) in [5, 5.41) is 14.3. The van der Waals surface area contributed by atoms with E-state index in [0.29, 0.717) is 18.0 Å². The minimum absolute atomic E-state index is 0.461. The van der Waals surface area contributed by atoms with E-state index in [0.717, 1.165) is 6.42 Å². The van der Waals surface area contributed by atoms with Gasteiger partial charge >= 0.3 is 12.0 Å². The summed E-state index contributed by atoms with van der Waals surface area (Å²) < 4.78 is 0. The summed E-state index contributed by atoms with van der Waals surface area (Å²) in [7, 11) is 0. The van der Waals surface area contributed by atoms with Gasteiger partial charge in [-0.3, -0.25) is 0 Å². The molecular formula is C14H20N2O3. The lowest BCUT2D eigenvalue weighted by atomic mass is 10.1. The second kappa shape index (κ2) is 7.41. The smallest absolute Gasteiger partial charge is 0.330 e. The van der Waals surface area contributed by atoms with Crippen LogP contribution >= 0.6 is 0 Å². The SMILES string of the molecule is CC(C)CCNC(=O)N[C@@H](C(=O)O)c1ccccc1. The second-order valence-electron chi connectivity index (χ2n) is 4.76. The molecule has 0 aliphatic carbocycles. The van der Waals surface area contributed by atoms with Crippen molar-refractivity contribution >= 4 is 12.0 Å². The first kappa shape index (κ1) is 15.0. The Morgan fingerprint density at radius 3 is 2.37 bits per heavy atom. The number of benzene rings is 1. The highest BCUT2D eigenvalue weighted by molar-refractivity contribution is 5.83. The number of urea groups is 1. The van der Waals surface area contributed by atoms with E-state index in [1.54, 1.807) is 30.3 Å². The van der Waals surface area contributed by atoms with Gasteiger partial charge < -0.3 is 15.7 Å². The Balaban J connectivity index is 2.55. The maximum absolute atomic E-state index is 11.6. The molecule has 2 amide bonds. The fourth-order valence-corrected chi connectivity index (χ4v) is 1.59. The molecule has 0 radical (unpaired) electrons. The zero-order valence-electron chi connectivity index (χ0n) is 11.2. The summed E-state index contributed by atoms with van der Waals surface area (Å²) in [4.78, 5) is 22.8. The standard InChI is InChI=1S/C14H20N2O3/c1-10(2)8-9-15-14(19)16-12(13(17)18)11-6-4-3-5-7-11/h3-7,10,12H,8-9H2,1-2H3,(H,17,18)(H2,15,16,19)/t12-/m1/s1. The molecule has 1 rings (SSSR count). The van der Waals surface area contributed by atoms with Crippen LogP contribution in [0.25, 0.3) is 0 Å². The maximum atomic E-state index is 11.6. The predicted molar refractivity (Wildman–Crippen MR) is 72.8 cm³/mol. The molecule has 1 atom stereocenters. The Bertz CT molecular complexity index is 418. The molecule has 3 N–H and O–H groups in total. The van der Waals surface area contributed by atoms with E-state index in [-0.39, 0.29) is 0 Å². The van der Waals surface area contributed by atoms with Crippen molar-refractivity contribution in [2.45, 2.75) is 26.3 Å². The molecule has 0 unspecified atom stereocenters. The molecule has 0 saturated heterocycles. The van der Waals surface area contributed by atoms with E-state index in [1.165, 1.54) is 0 Å². The van der Waals surface area contributed by atoms with Crippen LogP contribution in [0.3, 0.4) is 0 Å². The van der Waals surface area contributed by atoms with Crippen LogP contribution in [-0.2, 0) is 4.79 Å². The fourth-order valence-electron chi connectivity index (χ4n) is 1.59. The Morgan fingerprint density at radius 1 is 1.21 bits per heavy atom. The molecule has 5 heteroatoms. The Kier molecular flexibility index (Phi) is 5.85. The predicted octanol–water partition coefficient (Wildman–Crippen LogP) is 2.16. The van der Waals surface area contributed by atoms with E-state index in [1.807, 2.05) is 0 Å². The average molecular weight is 264 g/mol. The van der Waals surface area contributed by atoms with Gasteiger partial charge in [-0.15, -0.1) is 0 Å². The lowest BCUT2D eigenvalue weighted by Gasteiger charge is -2.15. The van der Waals surface area contributed by atoms with Crippen molar-refractivity contribution in [3.8, 4) is 0 Å². The van der Waals surface area contributed by atoms with Crippen LogP contribution in [0.2, 0.25) is 0 Å². The highest BCUT2D eigenvalue weighted by atomic mass is 16.4. The van der Waals surface area contributed by atoms with Gasteiger partial charge in [-0.05, 0) is 17.9 Å². The number of carboxylic acid groups (broad SMARTS) is 1. The number of nitrogens with one attached hydrogen (secondary N) is 2. The quantitative estimate of drug-likeness (QED) is 0.736. The number of carboxylic acids is 1. The third-order valence-corrected chi connectivity index (χ3v) is 2.66. The van der Waals surface area contributed by atoms with Crippen LogP contribution in [0, 0.1) is 5.92 Å². The van der Waals surface area contributed by atoms with Gasteiger partial charge in [0.1, 0.15) is 0 Å². The van der Waals surface area contributed by atoms with E-state index >= 15 is 0 Å². The van der Waals surface area contributed by atoms with Crippen molar-refractivity contribution in [2.75, 3.05) is 6.54 Å². The Labute approximate surface area is 113 Å². The summed E-state index contributed by atoms with van der Waals surface area (Å²) in [5.41, 5.74) is 0.550. The lowest BCUT2D eigenvalue weighted by molar-refractivity contribution is -0.139. The zero-order chi connectivity index (χ0) is 14.3. The van der Waals surface area contributed by atoms with Crippen molar-refractivity contribution in [3.63, 3.8) is 0 Å². The van der Waals surface area contributed by atoms with E-state index in [9.17, 15) is 9.59 Å². The van der Waals surface area contributed by atoms with E-state index in [4.69, 9.17) is 5.11 Å². The van der Waals surface area contributed by atoms with Crippen LogP contribution in [0.4, 0.5) is 4.79 Å². The molecular weight excluding hydrogens is 244 g/mol. The topological polar surface area (TPSA) is 78.4 Å². The van der Waals surface area contributed by atoms with Gasteiger partial charge in [-0.2, -0.15) is 0 Å². The van der Waals surface area contributed by atoms with Crippen LogP contribution in [0.5, 0.6) is 0 Å². The molecule has 0 saturated carbocycles. The molecule has 104 valence electrons. The molecule has 0 heterocycles. The molecule has 0 aromatic heterocycles.